The van der Waals surface area contributed by atoms with Crippen LogP contribution in [0.1, 0.15) is 40.2 Å². The number of benzene rings is 1. The zero-order chi connectivity index (χ0) is 17.4. The minimum atomic E-state index is 0.112. The van der Waals surface area contributed by atoms with Crippen molar-refractivity contribution in [3.05, 3.63) is 57.7 Å². The molecule has 1 saturated carbocycles. The fourth-order valence-corrected chi connectivity index (χ4v) is 3.72. The van der Waals surface area contributed by atoms with Crippen LogP contribution in [0.4, 0.5) is 5.82 Å². The maximum atomic E-state index is 12.6. The molecule has 130 valence electrons. The van der Waals surface area contributed by atoms with Gasteiger partial charge in [0.15, 0.2) is 0 Å². The Bertz CT molecular complexity index is 778. The quantitative estimate of drug-likeness (QED) is 0.782. The van der Waals surface area contributed by atoms with E-state index in [1.807, 2.05) is 35.4 Å². The van der Waals surface area contributed by atoms with Crippen LogP contribution >= 0.6 is 15.9 Å². The molecule has 1 saturated heterocycles. The van der Waals surface area contributed by atoms with Crippen molar-refractivity contribution in [2.45, 2.75) is 25.7 Å². The van der Waals surface area contributed by atoms with Crippen LogP contribution < -0.4 is 4.90 Å². The summed E-state index contributed by atoms with van der Waals surface area (Å²) in [6.07, 6.45) is 4.65. The van der Waals surface area contributed by atoms with Gasteiger partial charge in [-0.3, -0.25) is 4.79 Å². The minimum absolute atomic E-state index is 0.112. The first-order valence-electron chi connectivity index (χ1n) is 8.88. The monoisotopic (exact) mass is 399 g/mol. The van der Waals surface area contributed by atoms with Gasteiger partial charge in [-0.15, -0.1) is 0 Å². The maximum Gasteiger partial charge on any atom is 0.253 e. The summed E-state index contributed by atoms with van der Waals surface area (Å²) in [5.41, 5.74) is 3.38. The summed E-state index contributed by atoms with van der Waals surface area (Å²) in [6.45, 7) is 5.28. The summed E-state index contributed by atoms with van der Waals surface area (Å²) < 4.78 is 0.991. The average Bonchev–Trinajstić information content (AvgIpc) is 3.47. The van der Waals surface area contributed by atoms with E-state index in [2.05, 4.69) is 33.8 Å². The topological polar surface area (TPSA) is 36.4 Å². The van der Waals surface area contributed by atoms with Gasteiger partial charge in [-0.25, -0.2) is 4.98 Å². The number of pyridine rings is 1. The Balaban J connectivity index is 1.41. The predicted octanol–water partition coefficient (Wildman–Crippen LogP) is 3.99. The van der Waals surface area contributed by atoms with Crippen LogP contribution in [0, 0.1) is 6.92 Å². The van der Waals surface area contributed by atoms with Gasteiger partial charge < -0.3 is 9.80 Å². The minimum Gasteiger partial charge on any atom is -0.353 e. The van der Waals surface area contributed by atoms with E-state index in [0.29, 0.717) is 0 Å². The lowest BCUT2D eigenvalue weighted by atomic mass is 10.1. The largest absolute Gasteiger partial charge is 0.353 e. The highest BCUT2D eigenvalue weighted by Crippen LogP contribution is 2.40. The number of carbonyl (C=O) groups is 1. The molecule has 1 aliphatic carbocycles. The number of carbonyl (C=O) groups excluding carboxylic acids is 1. The van der Waals surface area contributed by atoms with Crippen molar-refractivity contribution in [2.75, 3.05) is 31.1 Å². The molecule has 0 bridgehead atoms. The van der Waals surface area contributed by atoms with Crippen molar-refractivity contribution < 1.29 is 4.79 Å². The molecule has 0 N–H and O–H groups in total. The summed E-state index contributed by atoms with van der Waals surface area (Å²) in [5, 5.41) is 0. The standard InChI is InChI=1S/C20H22BrN3O/c1-14-12-17(15-2-3-15)13-22-19(14)23-8-10-24(11-9-23)20(25)16-4-6-18(21)7-5-16/h4-7,12-13,15H,2-3,8-11H2,1H3. The molecule has 1 aromatic heterocycles. The van der Waals surface area contributed by atoms with Crippen molar-refractivity contribution in [3.63, 3.8) is 0 Å². The van der Waals surface area contributed by atoms with Gasteiger partial charge in [0.2, 0.25) is 0 Å². The molecule has 2 aliphatic rings. The van der Waals surface area contributed by atoms with Crippen molar-refractivity contribution in [2.24, 2.45) is 0 Å². The molecule has 2 aromatic rings. The van der Waals surface area contributed by atoms with E-state index in [4.69, 9.17) is 4.98 Å². The summed E-state index contributed by atoms with van der Waals surface area (Å²) in [4.78, 5) is 21.6. The smallest absolute Gasteiger partial charge is 0.253 e. The lowest BCUT2D eigenvalue weighted by molar-refractivity contribution is 0.0746. The van der Waals surface area contributed by atoms with Crippen LogP contribution in [0.2, 0.25) is 0 Å². The molecule has 0 unspecified atom stereocenters. The number of nitrogens with zero attached hydrogens (tertiary/aromatic N) is 3. The number of halogens is 1. The van der Waals surface area contributed by atoms with E-state index < -0.39 is 0 Å². The molecule has 4 nitrogen and oxygen atoms in total. The number of aryl methyl sites for hydroxylation is 1. The molecule has 4 rings (SSSR count). The first kappa shape index (κ1) is 16.6. The molecule has 2 heterocycles. The van der Waals surface area contributed by atoms with Crippen LogP contribution in [0.5, 0.6) is 0 Å². The highest BCUT2D eigenvalue weighted by Gasteiger charge is 2.26. The van der Waals surface area contributed by atoms with Crippen molar-refractivity contribution in [3.8, 4) is 0 Å². The fraction of sp³-hybridized carbons (Fsp3) is 0.400. The van der Waals surface area contributed by atoms with Gasteiger partial charge in [0.25, 0.3) is 5.91 Å². The lowest BCUT2D eigenvalue weighted by Crippen LogP contribution is -2.49. The van der Waals surface area contributed by atoms with E-state index in [-0.39, 0.29) is 5.91 Å². The third-order valence-corrected chi connectivity index (χ3v) is 5.61. The van der Waals surface area contributed by atoms with E-state index in [9.17, 15) is 4.79 Å². The molecule has 0 radical (unpaired) electrons. The molecule has 25 heavy (non-hydrogen) atoms. The number of piperazine rings is 1. The number of aromatic nitrogens is 1. The van der Waals surface area contributed by atoms with Crippen LogP contribution in [-0.2, 0) is 0 Å². The van der Waals surface area contributed by atoms with E-state index in [1.54, 1.807) is 0 Å². The van der Waals surface area contributed by atoms with Crippen LogP contribution in [0.25, 0.3) is 0 Å². The van der Waals surface area contributed by atoms with E-state index in [0.717, 1.165) is 48.0 Å². The predicted molar refractivity (Wildman–Crippen MR) is 103 cm³/mol. The van der Waals surface area contributed by atoms with Crippen molar-refractivity contribution in [1.82, 2.24) is 9.88 Å². The van der Waals surface area contributed by atoms with E-state index in [1.165, 1.54) is 24.0 Å². The van der Waals surface area contributed by atoms with Gasteiger partial charge in [0, 0.05) is 42.4 Å². The highest BCUT2D eigenvalue weighted by molar-refractivity contribution is 9.10. The van der Waals surface area contributed by atoms with Crippen LogP contribution in [0.3, 0.4) is 0 Å². The van der Waals surface area contributed by atoms with Crippen LogP contribution in [-0.4, -0.2) is 42.0 Å². The summed E-state index contributed by atoms with van der Waals surface area (Å²) in [5.74, 6) is 1.92. The highest BCUT2D eigenvalue weighted by atomic mass is 79.9. The van der Waals surface area contributed by atoms with Crippen molar-refractivity contribution in [1.29, 1.82) is 0 Å². The average molecular weight is 400 g/mol. The second kappa shape index (κ2) is 6.79. The fourth-order valence-electron chi connectivity index (χ4n) is 3.46. The number of anilines is 1. The van der Waals surface area contributed by atoms with Gasteiger partial charge in [0.05, 0.1) is 0 Å². The molecule has 1 amide bonds. The Morgan fingerprint density at radius 1 is 1.12 bits per heavy atom. The zero-order valence-corrected chi connectivity index (χ0v) is 16.0. The van der Waals surface area contributed by atoms with Crippen LogP contribution in [0.15, 0.2) is 41.0 Å². The third-order valence-electron chi connectivity index (χ3n) is 5.08. The van der Waals surface area contributed by atoms with Gasteiger partial charge in [-0.1, -0.05) is 22.0 Å². The van der Waals surface area contributed by atoms with Gasteiger partial charge in [0.1, 0.15) is 5.82 Å². The Labute approximate surface area is 157 Å². The molecule has 5 heteroatoms. The summed E-state index contributed by atoms with van der Waals surface area (Å²) in [6, 6.07) is 9.87. The second-order valence-electron chi connectivity index (χ2n) is 6.97. The maximum absolute atomic E-state index is 12.6. The zero-order valence-electron chi connectivity index (χ0n) is 14.4. The second-order valence-corrected chi connectivity index (χ2v) is 7.89. The number of hydrogen-bond donors (Lipinski definition) is 0. The SMILES string of the molecule is Cc1cc(C2CC2)cnc1N1CCN(C(=O)c2ccc(Br)cc2)CC1. The Morgan fingerprint density at radius 3 is 2.40 bits per heavy atom. The molecule has 0 spiro atoms. The summed E-state index contributed by atoms with van der Waals surface area (Å²) in [7, 11) is 0. The first-order chi connectivity index (χ1) is 12.1. The van der Waals surface area contributed by atoms with Gasteiger partial charge >= 0.3 is 0 Å². The number of amides is 1. The molecular formula is C20H22BrN3O. The number of rotatable bonds is 3. The number of hydrogen-bond acceptors (Lipinski definition) is 3. The Hall–Kier alpha value is -1.88. The van der Waals surface area contributed by atoms with Crippen molar-refractivity contribution >= 4 is 27.7 Å². The lowest BCUT2D eigenvalue weighted by Gasteiger charge is -2.36. The molecular weight excluding hydrogens is 378 g/mol. The van der Waals surface area contributed by atoms with Gasteiger partial charge in [-0.2, -0.15) is 0 Å². The molecule has 1 aromatic carbocycles. The van der Waals surface area contributed by atoms with E-state index >= 15 is 0 Å². The third kappa shape index (κ3) is 3.56. The molecule has 0 atom stereocenters. The molecule has 1 aliphatic heterocycles. The Morgan fingerprint density at radius 2 is 1.80 bits per heavy atom. The molecule has 2 fully saturated rings. The normalized spacial score (nSPS) is 17.7. The first-order valence-corrected chi connectivity index (χ1v) is 9.67. The van der Waals surface area contributed by atoms with Gasteiger partial charge in [-0.05, 0) is 61.1 Å². The summed E-state index contributed by atoms with van der Waals surface area (Å²) >= 11 is 3.41. The Kier molecular flexibility index (Phi) is 4.50.